The third-order valence-corrected chi connectivity index (χ3v) is 5.76. The molecule has 0 saturated carbocycles. The van der Waals surface area contributed by atoms with E-state index in [4.69, 9.17) is 0 Å². The molecule has 138 valence electrons. The van der Waals surface area contributed by atoms with Crippen LogP contribution in [0.1, 0.15) is 29.9 Å². The fourth-order valence-corrected chi connectivity index (χ4v) is 4.34. The minimum absolute atomic E-state index is 0.165. The molecule has 5 heteroatoms. The van der Waals surface area contributed by atoms with Gasteiger partial charge in [0.1, 0.15) is 11.6 Å². The van der Waals surface area contributed by atoms with Crippen molar-refractivity contribution in [2.24, 2.45) is 5.92 Å². The standard InChI is InChI=1S/C21H25F2N3/c22-18-6-4-15(5-7-18)14-26-10-8-16(9-11-26)21-20(13-24-25-21)17-2-1-3-19(23)12-17/h1-7,12,16,20-21,24-25H,8-11,13-14H2. The molecule has 0 spiro atoms. The summed E-state index contributed by atoms with van der Waals surface area (Å²) in [7, 11) is 0. The zero-order chi connectivity index (χ0) is 17.9. The van der Waals surface area contributed by atoms with Gasteiger partial charge in [-0.25, -0.2) is 8.78 Å². The number of hydrogen-bond donors (Lipinski definition) is 2. The first kappa shape index (κ1) is 17.6. The third-order valence-electron chi connectivity index (χ3n) is 5.76. The highest BCUT2D eigenvalue weighted by Crippen LogP contribution is 2.32. The number of benzene rings is 2. The molecule has 3 nitrogen and oxygen atoms in total. The van der Waals surface area contributed by atoms with Gasteiger partial charge in [0.05, 0.1) is 0 Å². The van der Waals surface area contributed by atoms with E-state index in [1.807, 2.05) is 18.2 Å². The van der Waals surface area contributed by atoms with Gasteiger partial charge in [0.15, 0.2) is 0 Å². The maximum atomic E-state index is 13.6. The Morgan fingerprint density at radius 2 is 1.73 bits per heavy atom. The summed E-state index contributed by atoms with van der Waals surface area (Å²) in [5.41, 5.74) is 8.93. The van der Waals surface area contributed by atoms with E-state index in [0.717, 1.165) is 50.1 Å². The highest BCUT2D eigenvalue weighted by atomic mass is 19.1. The molecule has 2 heterocycles. The number of likely N-dealkylation sites (tertiary alicyclic amines) is 1. The molecule has 0 bridgehead atoms. The van der Waals surface area contributed by atoms with Gasteiger partial charge in [-0.2, -0.15) is 0 Å². The largest absolute Gasteiger partial charge is 0.299 e. The zero-order valence-electron chi connectivity index (χ0n) is 14.8. The summed E-state index contributed by atoms with van der Waals surface area (Å²) in [5, 5.41) is 0. The van der Waals surface area contributed by atoms with Crippen LogP contribution in [-0.4, -0.2) is 30.6 Å². The van der Waals surface area contributed by atoms with Crippen molar-refractivity contribution in [3.05, 3.63) is 71.3 Å². The van der Waals surface area contributed by atoms with E-state index in [2.05, 4.69) is 15.8 Å². The molecule has 2 N–H and O–H groups in total. The molecule has 0 aliphatic carbocycles. The zero-order valence-corrected chi connectivity index (χ0v) is 14.8. The number of piperidine rings is 1. The van der Waals surface area contributed by atoms with Crippen molar-refractivity contribution < 1.29 is 8.78 Å². The van der Waals surface area contributed by atoms with Crippen molar-refractivity contribution in [3.63, 3.8) is 0 Å². The highest BCUT2D eigenvalue weighted by molar-refractivity contribution is 5.24. The minimum atomic E-state index is -0.185. The number of nitrogens with zero attached hydrogens (tertiary/aromatic N) is 1. The van der Waals surface area contributed by atoms with Gasteiger partial charge in [-0.3, -0.25) is 15.8 Å². The van der Waals surface area contributed by atoms with Crippen LogP contribution in [0.2, 0.25) is 0 Å². The van der Waals surface area contributed by atoms with E-state index in [-0.39, 0.29) is 11.6 Å². The lowest BCUT2D eigenvalue weighted by atomic mass is 9.80. The van der Waals surface area contributed by atoms with Gasteiger partial charge in [0.2, 0.25) is 0 Å². The van der Waals surface area contributed by atoms with Crippen LogP contribution in [-0.2, 0) is 6.54 Å². The van der Waals surface area contributed by atoms with Crippen molar-refractivity contribution in [1.82, 2.24) is 15.8 Å². The van der Waals surface area contributed by atoms with Crippen LogP contribution in [0.5, 0.6) is 0 Å². The summed E-state index contributed by atoms with van der Waals surface area (Å²) in [5.74, 6) is 0.528. The van der Waals surface area contributed by atoms with E-state index in [1.54, 1.807) is 12.1 Å². The number of hydrazine groups is 1. The first-order chi connectivity index (χ1) is 12.7. The molecule has 2 aliphatic rings. The Labute approximate surface area is 153 Å². The van der Waals surface area contributed by atoms with Crippen LogP contribution >= 0.6 is 0 Å². The lowest BCUT2D eigenvalue weighted by molar-refractivity contribution is 0.152. The maximum absolute atomic E-state index is 13.6. The molecule has 2 aliphatic heterocycles. The van der Waals surface area contributed by atoms with Crippen molar-refractivity contribution in [1.29, 1.82) is 0 Å². The van der Waals surface area contributed by atoms with Gasteiger partial charge in [0.25, 0.3) is 0 Å². The minimum Gasteiger partial charge on any atom is -0.299 e. The Balaban J connectivity index is 1.35. The lowest BCUT2D eigenvalue weighted by Gasteiger charge is -2.36. The molecule has 4 rings (SSSR count). The number of rotatable bonds is 4. The number of nitrogens with one attached hydrogen (secondary N) is 2. The summed E-state index contributed by atoms with van der Waals surface area (Å²) in [4.78, 5) is 2.43. The topological polar surface area (TPSA) is 27.3 Å². The van der Waals surface area contributed by atoms with Gasteiger partial charge >= 0.3 is 0 Å². The van der Waals surface area contributed by atoms with Gasteiger partial charge in [-0.15, -0.1) is 0 Å². The summed E-state index contributed by atoms with van der Waals surface area (Å²) in [6.45, 7) is 3.78. The second kappa shape index (κ2) is 7.82. The van der Waals surface area contributed by atoms with Crippen molar-refractivity contribution >= 4 is 0 Å². The predicted octanol–water partition coefficient (Wildman–Crippen LogP) is 3.44. The molecule has 0 amide bonds. The van der Waals surface area contributed by atoms with E-state index in [1.165, 1.54) is 18.2 Å². The number of hydrogen-bond acceptors (Lipinski definition) is 3. The summed E-state index contributed by atoms with van der Waals surface area (Å²) < 4.78 is 26.6. The van der Waals surface area contributed by atoms with E-state index in [9.17, 15) is 8.78 Å². The smallest absolute Gasteiger partial charge is 0.123 e. The first-order valence-electron chi connectivity index (χ1n) is 9.40. The lowest BCUT2D eigenvalue weighted by Crippen LogP contribution is -2.44. The van der Waals surface area contributed by atoms with E-state index < -0.39 is 0 Å². The monoisotopic (exact) mass is 357 g/mol. The molecule has 0 aromatic heterocycles. The quantitative estimate of drug-likeness (QED) is 0.878. The summed E-state index contributed by atoms with van der Waals surface area (Å²) >= 11 is 0. The van der Waals surface area contributed by atoms with Gasteiger partial charge in [-0.1, -0.05) is 24.3 Å². The molecule has 2 saturated heterocycles. The first-order valence-corrected chi connectivity index (χ1v) is 9.40. The van der Waals surface area contributed by atoms with Gasteiger partial charge in [0, 0.05) is 25.0 Å². The SMILES string of the molecule is Fc1ccc(CN2CCC(C3NNCC3c3cccc(F)c3)CC2)cc1. The Hall–Kier alpha value is -1.82. The third kappa shape index (κ3) is 3.95. The van der Waals surface area contributed by atoms with Crippen molar-refractivity contribution in [3.8, 4) is 0 Å². The Morgan fingerprint density at radius 3 is 2.46 bits per heavy atom. The summed E-state index contributed by atoms with van der Waals surface area (Å²) in [6.07, 6.45) is 2.23. The van der Waals surface area contributed by atoms with E-state index >= 15 is 0 Å². The van der Waals surface area contributed by atoms with Crippen molar-refractivity contribution in [2.75, 3.05) is 19.6 Å². The Bertz CT molecular complexity index is 726. The Morgan fingerprint density at radius 1 is 0.962 bits per heavy atom. The number of halogens is 2. The average molecular weight is 357 g/mol. The van der Waals surface area contributed by atoms with Crippen LogP contribution in [0, 0.1) is 17.6 Å². The van der Waals surface area contributed by atoms with Crippen LogP contribution in [0.15, 0.2) is 48.5 Å². The van der Waals surface area contributed by atoms with Gasteiger partial charge in [-0.05, 0) is 67.2 Å². The normalized spacial score (nSPS) is 24.8. The van der Waals surface area contributed by atoms with Crippen LogP contribution in [0.3, 0.4) is 0 Å². The van der Waals surface area contributed by atoms with Crippen LogP contribution in [0.25, 0.3) is 0 Å². The molecule has 2 fully saturated rings. The molecular formula is C21H25F2N3. The van der Waals surface area contributed by atoms with Gasteiger partial charge < -0.3 is 0 Å². The fraction of sp³-hybridized carbons (Fsp3) is 0.429. The molecule has 2 aromatic carbocycles. The highest BCUT2D eigenvalue weighted by Gasteiger charge is 2.36. The second-order valence-electron chi connectivity index (χ2n) is 7.45. The fourth-order valence-electron chi connectivity index (χ4n) is 4.34. The van der Waals surface area contributed by atoms with E-state index in [0.29, 0.717) is 17.9 Å². The van der Waals surface area contributed by atoms with Crippen molar-refractivity contribution in [2.45, 2.75) is 31.3 Å². The van der Waals surface area contributed by atoms with Crippen LogP contribution in [0.4, 0.5) is 8.78 Å². The molecular weight excluding hydrogens is 332 g/mol. The molecule has 2 aromatic rings. The molecule has 0 radical (unpaired) electrons. The average Bonchev–Trinajstić information content (AvgIpc) is 3.14. The molecule has 26 heavy (non-hydrogen) atoms. The molecule has 2 unspecified atom stereocenters. The second-order valence-corrected chi connectivity index (χ2v) is 7.45. The summed E-state index contributed by atoms with van der Waals surface area (Å²) in [6, 6.07) is 14.1. The predicted molar refractivity (Wildman–Crippen MR) is 98.5 cm³/mol. The van der Waals surface area contributed by atoms with Crippen LogP contribution < -0.4 is 10.9 Å². The Kier molecular flexibility index (Phi) is 5.29. The maximum Gasteiger partial charge on any atom is 0.123 e. The molecule has 2 atom stereocenters.